The van der Waals surface area contributed by atoms with E-state index in [1.54, 1.807) is 6.92 Å². The second-order valence-corrected chi connectivity index (χ2v) is 5.75. The minimum atomic E-state index is -0.104. The molecule has 0 saturated heterocycles. The van der Waals surface area contributed by atoms with Gasteiger partial charge in [0, 0.05) is 6.04 Å². The van der Waals surface area contributed by atoms with E-state index in [1.165, 1.54) is 16.7 Å². The molecule has 0 bridgehead atoms. The molecular formula is C19H23NO. The molecule has 2 aromatic rings. The van der Waals surface area contributed by atoms with E-state index < -0.39 is 0 Å². The third kappa shape index (κ3) is 4.54. The van der Waals surface area contributed by atoms with Crippen LogP contribution in [0, 0.1) is 0 Å². The molecular weight excluding hydrogens is 258 g/mol. The lowest BCUT2D eigenvalue weighted by Crippen LogP contribution is -2.41. The molecule has 2 heteroatoms. The summed E-state index contributed by atoms with van der Waals surface area (Å²) in [6.07, 6.45) is 0.739. The number of hydrogen-bond donors (Lipinski definition) is 1. The van der Waals surface area contributed by atoms with Gasteiger partial charge < -0.3 is 5.32 Å². The predicted octanol–water partition coefficient (Wildman–Crippen LogP) is 3.85. The molecule has 21 heavy (non-hydrogen) atoms. The van der Waals surface area contributed by atoms with Gasteiger partial charge in [0.25, 0.3) is 0 Å². The third-order valence-electron chi connectivity index (χ3n) is 3.53. The molecule has 0 fully saturated rings. The monoisotopic (exact) mass is 281 g/mol. The zero-order valence-corrected chi connectivity index (χ0v) is 13.0. The maximum Gasteiger partial charge on any atom is 0.147 e. The second-order valence-electron chi connectivity index (χ2n) is 5.75. The highest BCUT2D eigenvalue weighted by molar-refractivity contribution is 5.81. The van der Waals surface area contributed by atoms with Crippen LogP contribution in [0.2, 0.25) is 0 Å². The summed E-state index contributed by atoms with van der Waals surface area (Å²) < 4.78 is 0. The van der Waals surface area contributed by atoms with Crippen molar-refractivity contribution in [2.24, 2.45) is 0 Å². The molecule has 0 radical (unpaired) electrons. The van der Waals surface area contributed by atoms with Crippen LogP contribution in [-0.2, 0) is 11.2 Å². The number of ketones is 1. The van der Waals surface area contributed by atoms with Crippen molar-refractivity contribution in [2.45, 2.75) is 39.3 Å². The van der Waals surface area contributed by atoms with Crippen LogP contribution in [0.3, 0.4) is 0 Å². The Hall–Kier alpha value is -1.93. The predicted molar refractivity (Wildman–Crippen MR) is 88.3 cm³/mol. The average Bonchev–Trinajstić information content (AvgIpc) is 2.48. The fraction of sp³-hybridized carbons (Fsp3) is 0.316. The van der Waals surface area contributed by atoms with Gasteiger partial charge in [0.05, 0.1) is 6.04 Å². The molecule has 2 nitrogen and oxygen atoms in total. The minimum absolute atomic E-state index is 0.104. The van der Waals surface area contributed by atoms with Gasteiger partial charge in [-0.3, -0.25) is 4.79 Å². The first-order chi connectivity index (χ1) is 10.1. The maximum atomic E-state index is 11.7. The highest BCUT2D eigenvalue weighted by Gasteiger charge is 2.15. The molecule has 0 heterocycles. The zero-order chi connectivity index (χ0) is 15.2. The van der Waals surface area contributed by atoms with Crippen LogP contribution >= 0.6 is 0 Å². The number of rotatable bonds is 6. The smallest absolute Gasteiger partial charge is 0.147 e. The quantitative estimate of drug-likeness (QED) is 0.871. The van der Waals surface area contributed by atoms with Crippen molar-refractivity contribution in [1.82, 2.24) is 5.32 Å². The van der Waals surface area contributed by atoms with Gasteiger partial charge in [-0.15, -0.1) is 0 Å². The molecule has 0 aromatic heterocycles. The lowest BCUT2D eigenvalue weighted by Gasteiger charge is -2.18. The highest BCUT2D eigenvalue weighted by atomic mass is 16.1. The van der Waals surface area contributed by atoms with Gasteiger partial charge in [-0.1, -0.05) is 68.4 Å². The van der Waals surface area contributed by atoms with Crippen LogP contribution in [0.5, 0.6) is 0 Å². The molecule has 0 saturated carbocycles. The number of carbonyl (C=O) groups is 1. The maximum absolute atomic E-state index is 11.7. The van der Waals surface area contributed by atoms with E-state index in [2.05, 4.69) is 55.6 Å². The Labute approximate surface area is 127 Å². The van der Waals surface area contributed by atoms with Crippen molar-refractivity contribution >= 4 is 5.78 Å². The van der Waals surface area contributed by atoms with Gasteiger partial charge in [-0.05, 0) is 30.0 Å². The Morgan fingerprint density at radius 3 is 2.05 bits per heavy atom. The minimum Gasteiger partial charge on any atom is -0.305 e. The number of benzene rings is 2. The summed E-state index contributed by atoms with van der Waals surface area (Å²) in [6.45, 7) is 5.78. The van der Waals surface area contributed by atoms with Crippen molar-refractivity contribution in [1.29, 1.82) is 0 Å². The summed E-state index contributed by atoms with van der Waals surface area (Å²) in [7, 11) is 0. The summed E-state index contributed by atoms with van der Waals surface area (Å²) in [5, 5.41) is 3.32. The van der Waals surface area contributed by atoms with E-state index in [-0.39, 0.29) is 11.8 Å². The molecule has 1 atom stereocenters. The summed E-state index contributed by atoms with van der Waals surface area (Å²) in [5.74, 6) is 0.191. The first kappa shape index (κ1) is 15.5. The van der Waals surface area contributed by atoms with Crippen LogP contribution in [-0.4, -0.2) is 17.9 Å². The first-order valence-electron chi connectivity index (χ1n) is 7.47. The SMILES string of the molecule is CC(=O)C(Cc1ccc(-c2ccccc2)cc1)NC(C)C. The molecule has 0 aliphatic rings. The Bertz CT molecular complexity index is 572. The Morgan fingerprint density at radius 2 is 1.52 bits per heavy atom. The Morgan fingerprint density at radius 1 is 0.952 bits per heavy atom. The van der Waals surface area contributed by atoms with Crippen molar-refractivity contribution < 1.29 is 4.79 Å². The summed E-state index contributed by atoms with van der Waals surface area (Å²) in [5.41, 5.74) is 3.60. The van der Waals surface area contributed by atoms with Crippen molar-refractivity contribution in [3.05, 3.63) is 60.2 Å². The van der Waals surface area contributed by atoms with E-state index in [0.717, 1.165) is 6.42 Å². The third-order valence-corrected chi connectivity index (χ3v) is 3.53. The van der Waals surface area contributed by atoms with Gasteiger partial charge >= 0.3 is 0 Å². The van der Waals surface area contributed by atoms with Crippen LogP contribution in [0.15, 0.2) is 54.6 Å². The van der Waals surface area contributed by atoms with Gasteiger partial charge in [0.15, 0.2) is 0 Å². The molecule has 1 unspecified atom stereocenters. The molecule has 0 aliphatic heterocycles. The van der Waals surface area contributed by atoms with E-state index in [9.17, 15) is 4.79 Å². The molecule has 2 rings (SSSR count). The van der Waals surface area contributed by atoms with E-state index in [0.29, 0.717) is 6.04 Å². The molecule has 110 valence electrons. The van der Waals surface area contributed by atoms with E-state index >= 15 is 0 Å². The van der Waals surface area contributed by atoms with Crippen LogP contribution < -0.4 is 5.32 Å². The van der Waals surface area contributed by atoms with Crippen LogP contribution in [0.25, 0.3) is 11.1 Å². The number of nitrogens with one attached hydrogen (secondary N) is 1. The highest BCUT2D eigenvalue weighted by Crippen LogP contribution is 2.19. The van der Waals surface area contributed by atoms with E-state index in [1.807, 2.05) is 18.2 Å². The summed E-state index contributed by atoms with van der Waals surface area (Å²) in [4.78, 5) is 11.7. The number of carbonyl (C=O) groups excluding carboxylic acids is 1. The summed E-state index contributed by atoms with van der Waals surface area (Å²) in [6, 6.07) is 19.0. The molecule has 0 spiro atoms. The average molecular weight is 281 g/mol. The van der Waals surface area contributed by atoms with Crippen LogP contribution in [0.1, 0.15) is 26.3 Å². The fourth-order valence-corrected chi connectivity index (χ4v) is 2.42. The number of hydrogen-bond acceptors (Lipinski definition) is 2. The summed E-state index contributed by atoms with van der Waals surface area (Å²) >= 11 is 0. The first-order valence-corrected chi connectivity index (χ1v) is 7.47. The van der Waals surface area contributed by atoms with Gasteiger partial charge in [0.1, 0.15) is 5.78 Å². The molecule has 1 N–H and O–H groups in total. The standard InChI is InChI=1S/C19H23NO/c1-14(2)20-19(15(3)21)13-16-9-11-18(12-10-16)17-7-5-4-6-8-17/h4-12,14,19-20H,13H2,1-3H3. The van der Waals surface area contributed by atoms with Crippen molar-refractivity contribution in [3.63, 3.8) is 0 Å². The second kappa shape index (κ2) is 7.19. The molecule has 2 aromatic carbocycles. The van der Waals surface area contributed by atoms with Crippen molar-refractivity contribution in [3.8, 4) is 11.1 Å². The number of Topliss-reactive ketones (excluding diaryl/α,β-unsaturated/α-hetero) is 1. The lowest BCUT2D eigenvalue weighted by atomic mass is 9.99. The topological polar surface area (TPSA) is 29.1 Å². The molecule has 0 aliphatic carbocycles. The lowest BCUT2D eigenvalue weighted by molar-refractivity contribution is -0.119. The Kier molecular flexibility index (Phi) is 5.29. The van der Waals surface area contributed by atoms with Crippen molar-refractivity contribution in [2.75, 3.05) is 0 Å². The molecule has 0 amide bonds. The van der Waals surface area contributed by atoms with Gasteiger partial charge in [-0.2, -0.15) is 0 Å². The van der Waals surface area contributed by atoms with Gasteiger partial charge in [0.2, 0.25) is 0 Å². The normalized spacial score (nSPS) is 12.4. The zero-order valence-electron chi connectivity index (χ0n) is 13.0. The Balaban J connectivity index is 2.10. The van der Waals surface area contributed by atoms with Crippen LogP contribution in [0.4, 0.5) is 0 Å². The fourth-order valence-electron chi connectivity index (χ4n) is 2.42. The largest absolute Gasteiger partial charge is 0.305 e. The van der Waals surface area contributed by atoms with Gasteiger partial charge in [-0.25, -0.2) is 0 Å². The van der Waals surface area contributed by atoms with E-state index in [4.69, 9.17) is 0 Å².